The Labute approximate surface area is 178 Å². The van der Waals surface area contributed by atoms with E-state index in [0.29, 0.717) is 17.8 Å². The van der Waals surface area contributed by atoms with E-state index < -0.39 is 6.03 Å². The van der Waals surface area contributed by atoms with Crippen LogP contribution in [0.3, 0.4) is 0 Å². The standard InChI is InChI=1S/C23H31N5O2/c24-23(30)26-21-10-6-9-20(17-21)22(29)25-11-4-5-12-27-13-15-28(16-14-27)18-19-7-2-1-3-8-19/h1-3,6-10,17H,4-5,11-16,18H2,(H,25,29)(H3,24,26,30). The molecule has 0 unspecified atom stereocenters. The van der Waals surface area contributed by atoms with Crippen molar-refractivity contribution in [2.24, 2.45) is 5.73 Å². The first-order chi connectivity index (χ1) is 14.6. The van der Waals surface area contributed by atoms with Gasteiger partial charge in [-0.2, -0.15) is 0 Å². The van der Waals surface area contributed by atoms with Crippen LogP contribution in [0.4, 0.5) is 10.5 Å². The summed E-state index contributed by atoms with van der Waals surface area (Å²) in [6.45, 7) is 7.12. The molecule has 7 nitrogen and oxygen atoms in total. The quantitative estimate of drug-likeness (QED) is 0.555. The van der Waals surface area contributed by atoms with Crippen LogP contribution in [0.15, 0.2) is 54.6 Å². The summed E-state index contributed by atoms with van der Waals surface area (Å²) < 4.78 is 0. The van der Waals surface area contributed by atoms with Crippen LogP contribution in [0.25, 0.3) is 0 Å². The molecule has 1 heterocycles. The van der Waals surface area contributed by atoms with E-state index >= 15 is 0 Å². The molecule has 0 radical (unpaired) electrons. The van der Waals surface area contributed by atoms with Gasteiger partial charge in [-0.25, -0.2) is 4.79 Å². The zero-order chi connectivity index (χ0) is 21.2. The molecule has 30 heavy (non-hydrogen) atoms. The second-order valence-corrected chi connectivity index (χ2v) is 7.64. The summed E-state index contributed by atoms with van der Waals surface area (Å²) >= 11 is 0. The minimum Gasteiger partial charge on any atom is -0.352 e. The number of anilines is 1. The van der Waals surface area contributed by atoms with Crippen LogP contribution in [0.5, 0.6) is 0 Å². The second kappa shape index (κ2) is 11.3. The molecule has 1 fully saturated rings. The van der Waals surface area contributed by atoms with Gasteiger partial charge < -0.3 is 21.3 Å². The third-order valence-electron chi connectivity index (χ3n) is 5.29. The number of primary amides is 1. The summed E-state index contributed by atoms with van der Waals surface area (Å²) in [5.74, 6) is -0.141. The van der Waals surface area contributed by atoms with Gasteiger partial charge in [0, 0.05) is 50.5 Å². The number of amides is 3. The molecule has 7 heteroatoms. The SMILES string of the molecule is NC(=O)Nc1cccc(C(=O)NCCCCN2CCN(Cc3ccccc3)CC2)c1. The number of benzene rings is 2. The van der Waals surface area contributed by atoms with Crippen LogP contribution >= 0.6 is 0 Å². The average molecular weight is 410 g/mol. The maximum atomic E-state index is 12.3. The molecule has 2 aromatic carbocycles. The molecule has 0 aliphatic carbocycles. The Kier molecular flexibility index (Phi) is 8.23. The number of nitrogens with zero attached hydrogens (tertiary/aromatic N) is 2. The lowest BCUT2D eigenvalue weighted by Gasteiger charge is -2.34. The summed E-state index contributed by atoms with van der Waals surface area (Å²) in [5, 5.41) is 5.42. The lowest BCUT2D eigenvalue weighted by molar-refractivity contribution is 0.0951. The topological polar surface area (TPSA) is 90.7 Å². The predicted molar refractivity (Wildman–Crippen MR) is 119 cm³/mol. The highest BCUT2D eigenvalue weighted by molar-refractivity contribution is 5.96. The minimum absolute atomic E-state index is 0.141. The molecular weight excluding hydrogens is 378 g/mol. The summed E-state index contributed by atoms with van der Waals surface area (Å²) in [4.78, 5) is 28.2. The molecule has 1 aliphatic heterocycles. The van der Waals surface area contributed by atoms with Gasteiger partial charge in [-0.15, -0.1) is 0 Å². The van der Waals surface area contributed by atoms with E-state index in [9.17, 15) is 9.59 Å². The minimum atomic E-state index is -0.645. The smallest absolute Gasteiger partial charge is 0.316 e. The number of nitrogens with one attached hydrogen (secondary N) is 2. The van der Waals surface area contributed by atoms with E-state index in [4.69, 9.17) is 5.73 Å². The molecule has 0 aromatic heterocycles. The largest absolute Gasteiger partial charge is 0.352 e. The van der Waals surface area contributed by atoms with Crippen molar-refractivity contribution in [2.45, 2.75) is 19.4 Å². The van der Waals surface area contributed by atoms with Gasteiger partial charge in [0.1, 0.15) is 0 Å². The van der Waals surface area contributed by atoms with E-state index in [1.54, 1.807) is 24.3 Å². The summed E-state index contributed by atoms with van der Waals surface area (Å²) in [7, 11) is 0. The van der Waals surface area contributed by atoms with Crippen molar-refractivity contribution in [3.63, 3.8) is 0 Å². The number of unbranched alkanes of at least 4 members (excludes halogenated alkanes) is 1. The van der Waals surface area contributed by atoms with Crippen molar-refractivity contribution < 1.29 is 9.59 Å². The van der Waals surface area contributed by atoms with Crippen molar-refractivity contribution in [3.8, 4) is 0 Å². The van der Waals surface area contributed by atoms with E-state index in [1.165, 1.54) is 5.56 Å². The van der Waals surface area contributed by atoms with Crippen LogP contribution in [0, 0.1) is 0 Å². The Bertz CT molecular complexity index is 819. The van der Waals surface area contributed by atoms with Gasteiger partial charge in [-0.05, 0) is 43.1 Å². The number of piperazine rings is 1. The number of nitrogens with two attached hydrogens (primary N) is 1. The fraction of sp³-hybridized carbons (Fsp3) is 0.391. The van der Waals surface area contributed by atoms with Crippen molar-refractivity contribution in [1.82, 2.24) is 15.1 Å². The molecule has 1 aliphatic rings. The number of rotatable bonds is 9. The third kappa shape index (κ3) is 7.17. The molecule has 3 amide bonds. The van der Waals surface area contributed by atoms with Crippen LogP contribution in [-0.2, 0) is 6.54 Å². The first-order valence-electron chi connectivity index (χ1n) is 10.5. The van der Waals surface area contributed by atoms with Gasteiger partial charge in [-0.1, -0.05) is 36.4 Å². The van der Waals surface area contributed by atoms with Crippen LogP contribution in [-0.4, -0.2) is 61.0 Å². The third-order valence-corrected chi connectivity index (χ3v) is 5.29. The molecule has 0 bridgehead atoms. The second-order valence-electron chi connectivity index (χ2n) is 7.64. The van der Waals surface area contributed by atoms with Crippen LogP contribution in [0.1, 0.15) is 28.8 Å². The van der Waals surface area contributed by atoms with Crippen LogP contribution < -0.4 is 16.4 Å². The number of hydrogen-bond donors (Lipinski definition) is 3. The average Bonchev–Trinajstić information content (AvgIpc) is 2.75. The van der Waals surface area contributed by atoms with Gasteiger partial charge >= 0.3 is 6.03 Å². The van der Waals surface area contributed by atoms with Gasteiger partial charge in [0.05, 0.1) is 0 Å². The lowest BCUT2D eigenvalue weighted by atomic mass is 10.2. The van der Waals surface area contributed by atoms with Crippen molar-refractivity contribution in [1.29, 1.82) is 0 Å². The molecule has 0 spiro atoms. The highest BCUT2D eigenvalue weighted by Gasteiger charge is 2.16. The predicted octanol–water partition coefficient (Wildman–Crippen LogP) is 2.50. The Morgan fingerprint density at radius 2 is 1.63 bits per heavy atom. The molecule has 160 valence electrons. The Hall–Kier alpha value is -2.90. The molecule has 1 saturated heterocycles. The van der Waals surface area contributed by atoms with E-state index in [1.807, 2.05) is 0 Å². The summed E-state index contributed by atoms with van der Waals surface area (Å²) in [6, 6.07) is 16.7. The highest BCUT2D eigenvalue weighted by atomic mass is 16.2. The first kappa shape index (κ1) is 21.8. The zero-order valence-corrected chi connectivity index (χ0v) is 17.3. The van der Waals surface area contributed by atoms with E-state index in [2.05, 4.69) is 50.8 Å². The normalized spacial score (nSPS) is 14.9. The summed E-state index contributed by atoms with van der Waals surface area (Å²) in [5.41, 5.74) is 7.51. The van der Waals surface area contributed by atoms with Crippen molar-refractivity contribution in [2.75, 3.05) is 44.6 Å². The number of carbonyl (C=O) groups excluding carboxylic acids is 2. The van der Waals surface area contributed by atoms with Crippen LogP contribution in [0.2, 0.25) is 0 Å². The Morgan fingerprint density at radius 3 is 2.37 bits per heavy atom. The zero-order valence-electron chi connectivity index (χ0n) is 17.3. The maximum absolute atomic E-state index is 12.3. The lowest BCUT2D eigenvalue weighted by Crippen LogP contribution is -2.46. The maximum Gasteiger partial charge on any atom is 0.316 e. The Morgan fingerprint density at radius 1 is 0.900 bits per heavy atom. The highest BCUT2D eigenvalue weighted by Crippen LogP contribution is 2.11. The molecular formula is C23H31N5O2. The number of carbonyl (C=O) groups is 2. The van der Waals surface area contributed by atoms with E-state index in [0.717, 1.165) is 52.1 Å². The molecule has 0 saturated carbocycles. The fourth-order valence-corrected chi connectivity index (χ4v) is 3.66. The molecule has 0 atom stereocenters. The van der Waals surface area contributed by atoms with Crippen molar-refractivity contribution >= 4 is 17.6 Å². The summed E-state index contributed by atoms with van der Waals surface area (Å²) in [6.07, 6.45) is 2.00. The van der Waals surface area contributed by atoms with Gasteiger partial charge in [0.15, 0.2) is 0 Å². The fourth-order valence-electron chi connectivity index (χ4n) is 3.66. The molecule has 4 N–H and O–H groups in total. The van der Waals surface area contributed by atoms with Gasteiger partial charge in [-0.3, -0.25) is 9.69 Å². The van der Waals surface area contributed by atoms with E-state index in [-0.39, 0.29) is 5.91 Å². The van der Waals surface area contributed by atoms with Gasteiger partial charge in [0.2, 0.25) is 0 Å². The molecule has 2 aromatic rings. The first-order valence-corrected chi connectivity index (χ1v) is 10.5. The monoisotopic (exact) mass is 409 g/mol. The number of urea groups is 1. The van der Waals surface area contributed by atoms with Gasteiger partial charge in [0.25, 0.3) is 5.91 Å². The molecule has 3 rings (SSSR count). The Balaban J connectivity index is 1.29. The number of hydrogen-bond acceptors (Lipinski definition) is 4. The van der Waals surface area contributed by atoms with Crippen molar-refractivity contribution in [3.05, 3.63) is 65.7 Å².